The zero-order valence-corrected chi connectivity index (χ0v) is 12.5. The molecule has 5 N–H and O–H groups in total. The minimum absolute atomic E-state index is 0.327. The van der Waals surface area contributed by atoms with Gasteiger partial charge in [0, 0.05) is 17.9 Å². The Morgan fingerprint density at radius 2 is 1.89 bits per heavy atom. The molecular weight excluding hydrogens is 244 g/mol. The summed E-state index contributed by atoms with van der Waals surface area (Å²) in [4.78, 5) is 16.5. The molecule has 0 aromatic carbocycles. The van der Waals surface area contributed by atoms with Crippen molar-refractivity contribution in [3.8, 4) is 0 Å². The third kappa shape index (κ3) is 3.53. The Labute approximate surface area is 110 Å². The molecule has 18 heavy (non-hydrogen) atoms. The molecule has 1 rings (SSSR count). The van der Waals surface area contributed by atoms with Gasteiger partial charge in [-0.2, -0.15) is 0 Å². The van der Waals surface area contributed by atoms with E-state index in [4.69, 9.17) is 0 Å². The second-order valence-electron chi connectivity index (χ2n) is 4.59. The van der Waals surface area contributed by atoms with E-state index in [2.05, 4.69) is 27.5 Å². The third-order valence-corrected chi connectivity index (χ3v) is 6.28. The number of allylic oxidation sites excluding steroid dienone is 4. The van der Waals surface area contributed by atoms with Crippen LogP contribution < -0.4 is 20.6 Å². The summed E-state index contributed by atoms with van der Waals surface area (Å²) in [5.74, 6) is 0. The highest BCUT2D eigenvalue weighted by Gasteiger charge is 2.40. The molecule has 0 spiro atoms. The van der Waals surface area contributed by atoms with Gasteiger partial charge in [0.05, 0.1) is 5.54 Å². The first-order valence-electron chi connectivity index (χ1n) is 6.09. The quantitative estimate of drug-likeness (QED) is 0.435. The Balaban J connectivity index is 2.94. The van der Waals surface area contributed by atoms with Gasteiger partial charge in [-0.25, -0.2) is 0 Å². The van der Waals surface area contributed by atoms with Gasteiger partial charge < -0.3 is 25.4 Å². The van der Waals surface area contributed by atoms with E-state index in [1.54, 1.807) is 14.1 Å². The lowest BCUT2D eigenvalue weighted by molar-refractivity contribution is 0.415. The van der Waals surface area contributed by atoms with E-state index >= 15 is 0 Å². The van der Waals surface area contributed by atoms with Gasteiger partial charge in [-0.15, -0.1) is 0 Å². The largest absolute Gasteiger partial charge is 0.408 e. The molecule has 1 aliphatic rings. The molecule has 1 atom stereocenters. The fourth-order valence-electron chi connectivity index (χ4n) is 1.93. The lowest BCUT2D eigenvalue weighted by atomic mass is 10.00. The maximum atomic E-state index is 10.5. The minimum Gasteiger partial charge on any atom is -0.408 e. The van der Waals surface area contributed by atoms with Gasteiger partial charge in [0.25, 0.3) is 0 Å². The van der Waals surface area contributed by atoms with E-state index in [9.17, 15) is 4.80 Å². The van der Waals surface area contributed by atoms with Crippen LogP contribution in [0.4, 0.5) is 0 Å². The molecule has 0 aliphatic carbocycles. The SMILES string of the molecule is CNC(C)(C[Si](O)(NC)NC)C1=CC=CC=CN1. The van der Waals surface area contributed by atoms with E-state index < -0.39 is 8.64 Å². The molecule has 0 fully saturated rings. The summed E-state index contributed by atoms with van der Waals surface area (Å²) in [6, 6.07) is 0.601. The molecule has 5 nitrogen and oxygen atoms in total. The average Bonchev–Trinajstić information content (AvgIpc) is 2.67. The topological polar surface area (TPSA) is 68.3 Å². The van der Waals surface area contributed by atoms with Crippen molar-refractivity contribution in [3.05, 3.63) is 36.2 Å². The number of nitrogens with one attached hydrogen (secondary N) is 4. The first-order valence-corrected chi connectivity index (χ1v) is 8.25. The number of rotatable bonds is 6. The van der Waals surface area contributed by atoms with Crippen LogP contribution in [0.25, 0.3) is 0 Å². The highest BCUT2D eigenvalue weighted by molar-refractivity contribution is 6.67. The lowest BCUT2D eigenvalue weighted by Gasteiger charge is -2.37. The Hall–Kier alpha value is -0.923. The molecule has 1 aliphatic heterocycles. The molecule has 0 aromatic heterocycles. The van der Waals surface area contributed by atoms with Gasteiger partial charge in [0.1, 0.15) is 0 Å². The molecule has 0 aromatic rings. The molecule has 0 radical (unpaired) electrons. The highest BCUT2D eigenvalue weighted by Crippen LogP contribution is 2.23. The van der Waals surface area contributed by atoms with Crippen LogP contribution >= 0.6 is 0 Å². The van der Waals surface area contributed by atoms with E-state index in [0.717, 1.165) is 5.70 Å². The van der Waals surface area contributed by atoms with Crippen LogP contribution in [0.2, 0.25) is 6.04 Å². The first-order chi connectivity index (χ1) is 8.49. The van der Waals surface area contributed by atoms with Crippen LogP contribution in [0.3, 0.4) is 0 Å². The van der Waals surface area contributed by atoms with Crippen molar-refractivity contribution in [2.75, 3.05) is 21.1 Å². The number of hydrogen-bond acceptors (Lipinski definition) is 5. The maximum absolute atomic E-state index is 10.5. The van der Waals surface area contributed by atoms with Crippen LogP contribution in [0.15, 0.2) is 36.2 Å². The van der Waals surface area contributed by atoms with Gasteiger partial charge in [-0.3, -0.25) is 0 Å². The normalized spacial score (nSPS) is 18.8. The van der Waals surface area contributed by atoms with Crippen molar-refractivity contribution in [2.24, 2.45) is 0 Å². The van der Waals surface area contributed by atoms with Crippen LogP contribution in [-0.2, 0) is 0 Å². The van der Waals surface area contributed by atoms with Gasteiger partial charge >= 0.3 is 8.64 Å². The second-order valence-corrected chi connectivity index (χ2v) is 7.66. The summed E-state index contributed by atoms with van der Waals surface area (Å²) in [6.07, 6.45) is 9.82. The van der Waals surface area contributed by atoms with Crippen LogP contribution in [-0.4, -0.2) is 40.1 Å². The van der Waals surface area contributed by atoms with Crippen molar-refractivity contribution < 1.29 is 4.80 Å². The third-order valence-electron chi connectivity index (χ3n) is 3.40. The van der Waals surface area contributed by atoms with Gasteiger partial charge in [-0.05, 0) is 40.2 Å². The molecule has 1 heterocycles. The molecule has 0 bridgehead atoms. The fourth-order valence-corrected chi connectivity index (χ4v) is 3.93. The van der Waals surface area contributed by atoms with E-state index in [-0.39, 0.29) is 5.54 Å². The van der Waals surface area contributed by atoms with Crippen molar-refractivity contribution in [1.29, 1.82) is 0 Å². The number of likely N-dealkylation sites (N-methyl/N-ethyl adjacent to an activating group) is 1. The van der Waals surface area contributed by atoms with E-state index in [1.165, 1.54) is 0 Å². The zero-order chi connectivity index (χ0) is 13.6. The predicted molar refractivity (Wildman–Crippen MR) is 77.9 cm³/mol. The second kappa shape index (κ2) is 6.30. The smallest absolute Gasteiger partial charge is 0.351 e. The predicted octanol–water partition coefficient (Wildman–Crippen LogP) is -0.108. The van der Waals surface area contributed by atoms with Gasteiger partial charge in [0.2, 0.25) is 0 Å². The average molecular weight is 268 g/mol. The summed E-state index contributed by atoms with van der Waals surface area (Å²) in [6.45, 7) is 2.07. The highest BCUT2D eigenvalue weighted by atomic mass is 28.4. The molecule has 102 valence electrons. The first kappa shape index (κ1) is 15.1. The molecule has 6 heteroatoms. The van der Waals surface area contributed by atoms with Crippen molar-refractivity contribution >= 4 is 8.64 Å². The Bertz CT molecular complexity index is 363. The Morgan fingerprint density at radius 3 is 2.44 bits per heavy atom. The fraction of sp³-hybridized carbons (Fsp3) is 0.500. The summed E-state index contributed by atoms with van der Waals surface area (Å²) in [7, 11) is 2.83. The van der Waals surface area contributed by atoms with Crippen LogP contribution in [0.1, 0.15) is 6.92 Å². The molecule has 0 amide bonds. The standard InChI is InChI=1S/C12H24N4OSi/c1-12(13-2,10-18(17,14-3)15-4)11-8-6-5-7-9-16-11/h5-9,13-17H,10H2,1-4H3. The summed E-state index contributed by atoms with van der Waals surface area (Å²) < 4.78 is 0. The molecule has 0 saturated carbocycles. The lowest BCUT2D eigenvalue weighted by Crippen LogP contribution is -2.66. The minimum atomic E-state index is -2.65. The summed E-state index contributed by atoms with van der Waals surface area (Å²) in [5.41, 5.74) is 0.706. The van der Waals surface area contributed by atoms with Crippen LogP contribution in [0, 0.1) is 0 Å². The van der Waals surface area contributed by atoms with Crippen LogP contribution in [0.5, 0.6) is 0 Å². The zero-order valence-electron chi connectivity index (χ0n) is 11.5. The van der Waals surface area contributed by atoms with E-state index in [1.807, 2.05) is 37.6 Å². The number of hydrogen-bond donors (Lipinski definition) is 5. The summed E-state index contributed by atoms with van der Waals surface area (Å²) >= 11 is 0. The van der Waals surface area contributed by atoms with E-state index in [0.29, 0.717) is 6.04 Å². The molecular formula is C12H24N4OSi. The Morgan fingerprint density at radius 1 is 1.22 bits per heavy atom. The van der Waals surface area contributed by atoms with Crippen molar-refractivity contribution in [1.82, 2.24) is 20.6 Å². The van der Waals surface area contributed by atoms with Gasteiger partial charge in [0.15, 0.2) is 0 Å². The molecule has 0 saturated heterocycles. The van der Waals surface area contributed by atoms with Crippen molar-refractivity contribution in [3.63, 3.8) is 0 Å². The molecule has 1 unspecified atom stereocenters. The Kier molecular flexibility index (Phi) is 5.30. The summed E-state index contributed by atoms with van der Waals surface area (Å²) in [5, 5.41) is 6.55. The monoisotopic (exact) mass is 268 g/mol. The van der Waals surface area contributed by atoms with Crippen molar-refractivity contribution in [2.45, 2.75) is 18.5 Å². The maximum Gasteiger partial charge on any atom is 0.351 e. The van der Waals surface area contributed by atoms with Gasteiger partial charge in [-0.1, -0.05) is 12.2 Å².